The Labute approximate surface area is 95.9 Å². The van der Waals surface area contributed by atoms with Gasteiger partial charge in [0.15, 0.2) is 0 Å². The van der Waals surface area contributed by atoms with E-state index in [-0.39, 0.29) is 23.8 Å². The maximum atomic E-state index is 11.9. The van der Waals surface area contributed by atoms with Crippen LogP contribution in [0.25, 0.3) is 0 Å². The summed E-state index contributed by atoms with van der Waals surface area (Å²) < 4.78 is 4.75. The van der Waals surface area contributed by atoms with Crippen LogP contribution in [0.4, 0.5) is 0 Å². The number of ether oxygens (including phenoxy) is 1. The van der Waals surface area contributed by atoms with Gasteiger partial charge in [0.1, 0.15) is 6.54 Å². The van der Waals surface area contributed by atoms with Crippen LogP contribution in [0.2, 0.25) is 0 Å². The van der Waals surface area contributed by atoms with Crippen LogP contribution >= 0.6 is 0 Å². The highest BCUT2D eigenvalue weighted by Gasteiger charge is 2.39. The van der Waals surface area contributed by atoms with Gasteiger partial charge >= 0.3 is 5.97 Å². The number of carbonyl (C=O) groups is 2. The van der Waals surface area contributed by atoms with Crippen molar-refractivity contribution in [1.82, 2.24) is 10.6 Å². The van der Waals surface area contributed by atoms with Gasteiger partial charge in [0, 0.05) is 6.54 Å². The van der Waals surface area contributed by atoms with E-state index in [9.17, 15) is 9.59 Å². The molecule has 1 rings (SSSR count). The molecule has 1 fully saturated rings. The summed E-state index contributed by atoms with van der Waals surface area (Å²) in [5.74, 6) is -0.430. The van der Waals surface area contributed by atoms with Crippen LogP contribution in [0.1, 0.15) is 26.7 Å². The van der Waals surface area contributed by atoms with Crippen LogP contribution in [-0.2, 0) is 14.3 Å². The van der Waals surface area contributed by atoms with Crippen molar-refractivity contribution in [3.05, 3.63) is 0 Å². The van der Waals surface area contributed by atoms with E-state index in [1.54, 1.807) is 6.92 Å². The maximum absolute atomic E-state index is 11.9. The number of rotatable bonds is 5. The van der Waals surface area contributed by atoms with Crippen LogP contribution in [-0.4, -0.2) is 38.1 Å². The van der Waals surface area contributed by atoms with Gasteiger partial charge in [-0.1, -0.05) is 6.92 Å². The molecule has 1 heterocycles. The van der Waals surface area contributed by atoms with Crippen molar-refractivity contribution in [2.75, 3.05) is 26.2 Å². The zero-order chi connectivity index (χ0) is 12.0. The highest BCUT2D eigenvalue weighted by molar-refractivity contribution is 5.86. The first kappa shape index (κ1) is 13.0. The minimum atomic E-state index is -0.381. The lowest BCUT2D eigenvalue weighted by molar-refractivity contribution is -0.144. The highest BCUT2D eigenvalue weighted by Crippen LogP contribution is 2.29. The molecule has 5 heteroatoms. The van der Waals surface area contributed by atoms with Gasteiger partial charge in [0.05, 0.1) is 12.0 Å². The lowest BCUT2D eigenvalue weighted by Crippen LogP contribution is -2.44. The number of nitrogens with one attached hydrogen (secondary N) is 2. The number of amides is 1. The molecule has 1 aliphatic rings. The first-order valence-corrected chi connectivity index (χ1v) is 5.79. The van der Waals surface area contributed by atoms with E-state index >= 15 is 0 Å². The molecular weight excluding hydrogens is 208 g/mol. The van der Waals surface area contributed by atoms with Gasteiger partial charge in [-0.15, -0.1) is 0 Å². The molecule has 1 amide bonds. The summed E-state index contributed by atoms with van der Waals surface area (Å²) in [7, 11) is 0. The molecule has 1 atom stereocenters. The lowest BCUT2D eigenvalue weighted by atomic mass is 9.83. The molecule has 0 aromatic carbocycles. The second kappa shape index (κ2) is 5.84. The average Bonchev–Trinajstić information content (AvgIpc) is 2.76. The Balaban J connectivity index is 2.41. The minimum Gasteiger partial charge on any atom is -0.465 e. The zero-order valence-electron chi connectivity index (χ0n) is 9.97. The number of hydrogen-bond donors (Lipinski definition) is 2. The molecule has 5 nitrogen and oxygen atoms in total. The van der Waals surface area contributed by atoms with Crippen molar-refractivity contribution in [3.63, 3.8) is 0 Å². The third-order valence-corrected chi connectivity index (χ3v) is 3.10. The molecular formula is C11H20N2O3. The van der Waals surface area contributed by atoms with Crippen LogP contribution in [0.3, 0.4) is 0 Å². The molecule has 2 N–H and O–H groups in total. The molecule has 1 aliphatic heterocycles. The quantitative estimate of drug-likeness (QED) is 0.653. The van der Waals surface area contributed by atoms with Gasteiger partial charge < -0.3 is 15.4 Å². The summed E-state index contributed by atoms with van der Waals surface area (Å²) in [6.45, 7) is 5.60. The number of hydrogen-bond acceptors (Lipinski definition) is 4. The van der Waals surface area contributed by atoms with Crippen molar-refractivity contribution >= 4 is 11.9 Å². The van der Waals surface area contributed by atoms with Crippen molar-refractivity contribution in [1.29, 1.82) is 0 Å². The monoisotopic (exact) mass is 228 g/mol. The Kier molecular flexibility index (Phi) is 4.73. The Morgan fingerprint density at radius 1 is 1.44 bits per heavy atom. The molecule has 0 bridgehead atoms. The first-order chi connectivity index (χ1) is 7.64. The SMILES string of the molecule is CCOC(=O)CNC(=O)C1(CC)CCNC1. The number of esters is 1. The lowest BCUT2D eigenvalue weighted by Gasteiger charge is -2.24. The molecule has 16 heavy (non-hydrogen) atoms. The molecule has 0 aliphatic carbocycles. The number of carbonyl (C=O) groups excluding carboxylic acids is 2. The Morgan fingerprint density at radius 3 is 2.69 bits per heavy atom. The molecule has 0 aromatic heterocycles. The Bertz CT molecular complexity index is 260. The Morgan fingerprint density at radius 2 is 2.19 bits per heavy atom. The van der Waals surface area contributed by atoms with Crippen molar-refractivity contribution < 1.29 is 14.3 Å². The second-order valence-corrected chi connectivity index (χ2v) is 4.05. The van der Waals surface area contributed by atoms with Gasteiger partial charge in [-0.25, -0.2) is 0 Å². The standard InChI is InChI=1S/C11H20N2O3/c1-3-11(5-6-12-8-11)10(15)13-7-9(14)16-4-2/h12H,3-8H2,1-2H3,(H,13,15). The first-order valence-electron chi connectivity index (χ1n) is 5.79. The molecule has 0 spiro atoms. The van der Waals surface area contributed by atoms with Crippen LogP contribution < -0.4 is 10.6 Å². The van der Waals surface area contributed by atoms with E-state index in [0.717, 1.165) is 19.4 Å². The van der Waals surface area contributed by atoms with Gasteiger partial charge in [-0.05, 0) is 26.3 Å². The highest BCUT2D eigenvalue weighted by atomic mass is 16.5. The third-order valence-electron chi connectivity index (χ3n) is 3.10. The molecule has 0 radical (unpaired) electrons. The largest absolute Gasteiger partial charge is 0.465 e. The summed E-state index contributed by atoms with van der Waals surface area (Å²) >= 11 is 0. The topological polar surface area (TPSA) is 67.4 Å². The second-order valence-electron chi connectivity index (χ2n) is 4.05. The van der Waals surface area contributed by atoms with Gasteiger partial charge in [0.2, 0.25) is 5.91 Å². The van der Waals surface area contributed by atoms with Crippen LogP contribution in [0, 0.1) is 5.41 Å². The van der Waals surface area contributed by atoms with Gasteiger partial charge in [-0.2, -0.15) is 0 Å². The summed E-state index contributed by atoms with van der Waals surface area (Å²) in [6.07, 6.45) is 1.62. The van der Waals surface area contributed by atoms with E-state index in [1.165, 1.54) is 0 Å². The Hall–Kier alpha value is -1.10. The van der Waals surface area contributed by atoms with E-state index in [1.807, 2.05) is 6.92 Å². The smallest absolute Gasteiger partial charge is 0.325 e. The van der Waals surface area contributed by atoms with Crippen LogP contribution in [0.15, 0.2) is 0 Å². The van der Waals surface area contributed by atoms with Crippen molar-refractivity contribution in [2.45, 2.75) is 26.7 Å². The fourth-order valence-corrected chi connectivity index (χ4v) is 1.95. The maximum Gasteiger partial charge on any atom is 0.325 e. The van der Waals surface area contributed by atoms with Crippen molar-refractivity contribution in [2.24, 2.45) is 5.41 Å². The predicted octanol–water partition coefficient (Wildman–Crippen LogP) is 0.0554. The average molecular weight is 228 g/mol. The van der Waals surface area contributed by atoms with E-state index in [2.05, 4.69) is 10.6 Å². The van der Waals surface area contributed by atoms with Crippen LogP contribution in [0.5, 0.6) is 0 Å². The molecule has 92 valence electrons. The zero-order valence-corrected chi connectivity index (χ0v) is 9.97. The summed E-state index contributed by atoms with van der Waals surface area (Å²) in [5.41, 5.74) is -0.341. The summed E-state index contributed by atoms with van der Waals surface area (Å²) in [6, 6.07) is 0. The van der Waals surface area contributed by atoms with Gasteiger partial charge in [0.25, 0.3) is 0 Å². The van der Waals surface area contributed by atoms with E-state index in [0.29, 0.717) is 13.2 Å². The fraction of sp³-hybridized carbons (Fsp3) is 0.818. The predicted molar refractivity (Wildman–Crippen MR) is 59.9 cm³/mol. The summed E-state index contributed by atoms with van der Waals surface area (Å²) in [4.78, 5) is 23.1. The molecule has 1 unspecified atom stereocenters. The molecule has 1 saturated heterocycles. The molecule has 0 saturated carbocycles. The van der Waals surface area contributed by atoms with E-state index < -0.39 is 0 Å². The normalized spacial score (nSPS) is 24.1. The molecule has 0 aromatic rings. The van der Waals surface area contributed by atoms with E-state index in [4.69, 9.17) is 4.74 Å². The van der Waals surface area contributed by atoms with Gasteiger partial charge in [-0.3, -0.25) is 9.59 Å². The fourth-order valence-electron chi connectivity index (χ4n) is 1.95. The third kappa shape index (κ3) is 2.95. The minimum absolute atomic E-state index is 0.0333. The van der Waals surface area contributed by atoms with Crippen molar-refractivity contribution in [3.8, 4) is 0 Å². The summed E-state index contributed by atoms with van der Waals surface area (Å²) in [5, 5.41) is 5.83.